The Morgan fingerprint density at radius 1 is 1.18 bits per heavy atom. The van der Waals surface area contributed by atoms with Crippen LogP contribution in [0.5, 0.6) is 11.5 Å². The van der Waals surface area contributed by atoms with E-state index in [1.54, 1.807) is 32.0 Å². The molecule has 0 saturated carbocycles. The number of methoxy groups -OCH3 is 2. The van der Waals surface area contributed by atoms with Crippen molar-refractivity contribution in [3.05, 3.63) is 23.8 Å². The van der Waals surface area contributed by atoms with Crippen molar-refractivity contribution in [1.29, 1.82) is 0 Å². The Balaban J connectivity index is 2.57. The van der Waals surface area contributed by atoms with Gasteiger partial charge in [0, 0.05) is 0 Å². The lowest BCUT2D eigenvalue weighted by atomic mass is 10.1. The summed E-state index contributed by atoms with van der Waals surface area (Å²) in [6.07, 6.45) is 0.0323. The number of ether oxygens (including phenoxy) is 2. The standard InChI is InChI=1S/C15H22N2O5/c1-9(2)14(16)15(19)22-17-13(18)8-10-5-6-11(20-3)12(7-10)21-4/h5-7,9,14H,8,16H2,1-4H3,(H,17,18). The van der Waals surface area contributed by atoms with E-state index >= 15 is 0 Å². The van der Waals surface area contributed by atoms with Crippen LogP contribution in [-0.4, -0.2) is 32.1 Å². The Kier molecular flexibility index (Phi) is 6.65. The SMILES string of the molecule is COc1ccc(CC(=O)NOC(=O)C(N)C(C)C)cc1OC. The highest BCUT2D eigenvalue weighted by molar-refractivity contribution is 5.81. The van der Waals surface area contributed by atoms with Crippen LogP contribution in [0.15, 0.2) is 18.2 Å². The van der Waals surface area contributed by atoms with Crippen molar-refractivity contribution < 1.29 is 23.9 Å². The van der Waals surface area contributed by atoms with Gasteiger partial charge < -0.3 is 20.0 Å². The Bertz CT molecular complexity index is 531. The quantitative estimate of drug-likeness (QED) is 0.754. The molecule has 0 bridgehead atoms. The van der Waals surface area contributed by atoms with E-state index in [-0.39, 0.29) is 12.3 Å². The summed E-state index contributed by atoms with van der Waals surface area (Å²) in [5.41, 5.74) is 8.40. The fourth-order valence-corrected chi connectivity index (χ4v) is 1.66. The minimum Gasteiger partial charge on any atom is -0.493 e. The summed E-state index contributed by atoms with van der Waals surface area (Å²) >= 11 is 0. The molecule has 0 saturated heterocycles. The molecule has 1 amide bonds. The maximum Gasteiger partial charge on any atom is 0.349 e. The number of benzene rings is 1. The number of nitrogens with two attached hydrogens (primary N) is 1. The van der Waals surface area contributed by atoms with E-state index in [0.717, 1.165) is 0 Å². The van der Waals surface area contributed by atoms with Gasteiger partial charge in [-0.05, 0) is 23.6 Å². The number of carbonyl (C=O) groups is 2. The van der Waals surface area contributed by atoms with Crippen LogP contribution in [0.4, 0.5) is 0 Å². The van der Waals surface area contributed by atoms with E-state index in [9.17, 15) is 9.59 Å². The van der Waals surface area contributed by atoms with Crippen molar-refractivity contribution in [1.82, 2.24) is 5.48 Å². The van der Waals surface area contributed by atoms with E-state index < -0.39 is 17.9 Å². The van der Waals surface area contributed by atoms with E-state index in [4.69, 9.17) is 15.2 Å². The lowest BCUT2D eigenvalue weighted by molar-refractivity contribution is -0.160. The fourth-order valence-electron chi connectivity index (χ4n) is 1.66. The molecule has 0 spiro atoms. The molecule has 0 fully saturated rings. The van der Waals surface area contributed by atoms with Crippen LogP contribution < -0.4 is 20.7 Å². The summed E-state index contributed by atoms with van der Waals surface area (Å²) in [7, 11) is 3.04. The monoisotopic (exact) mass is 310 g/mol. The number of hydrogen-bond donors (Lipinski definition) is 2. The molecule has 1 unspecified atom stereocenters. The van der Waals surface area contributed by atoms with Gasteiger partial charge in [0.2, 0.25) is 0 Å². The highest BCUT2D eigenvalue weighted by Crippen LogP contribution is 2.27. The van der Waals surface area contributed by atoms with Crippen molar-refractivity contribution in [2.45, 2.75) is 26.3 Å². The second-order valence-corrected chi connectivity index (χ2v) is 5.08. The Hall–Kier alpha value is -2.28. The first kappa shape index (κ1) is 17.8. The van der Waals surface area contributed by atoms with Gasteiger partial charge >= 0.3 is 5.97 Å². The molecule has 0 aromatic heterocycles. The second kappa shape index (κ2) is 8.23. The zero-order valence-electron chi connectivity index (χ0n) is 13.2. The maximum atomic E-state index is 11.8. The van der Waals surface area contributed by atoms with Crippen LogP contribution >= 0.6 is 0 Å². The number of nitrogens with one attached hydrogen (secondary N) is 1. The molecule has 3 N–H and O–H groups in total. The van der Waals surface area contributed by atoms with Gasteiger partial charge in [-0.3, -0.25) is 4.79 Å². The molecule has 22 heavy (non-hydrogen) atoms. The number of hydrogen-bond acceptors (Lipinski definition) is 6. The first-order valence-electron chi connectivity index (χ1n) is 6.85. The molecular weight excluding hydrogens is 288 g/mol. The molecule has 7 nitrogen and oxygen atoms in total. The molecule has 1 aromatic rings. The van der Waals surface area contributed by atoms with Crippen LogP contribution in [0, 0.1) is 5.92 Å². The third-order valence-electron chi connectivity index (χ3n) is 3.07. The zero-order valence-corrected chi connectivity index (χ0v) is 13.2. The van der Waals surface area contributed by atoms with Crippen LogP contribution in [0.1, 0.15) is 19.4 Å². The van der Waals surface area contributed by atoms with E-state index in [1.165, 1.54) is 14.2 Å². The highest BCUT2D eigenvalue weighted by Gasteiger charge is 2.20. The molecule has 0 radical (unpaired) electrons. The van der Waals surface area contributed by atoms with Gasteiger partial charge in [0.05, 0.1) is 20.6 Å². The minimum atomic E-state index is -0.776. The molecular formula is C15H22N2O5. The van der Waals surface area contributed by atoms with Crippen LogP contribution in [0.25, 0.3) is 0 Å². The summed E-state index contributed by atoms with van der Waals surface area (Å²) in [5.74, 6) is -0.116. The van der Waals surface area contributed by atoms with Crippen molar-refractivity contribution in [3.63, 3.8) is 0 Å². The van der Waals surface area contributed by atoms with E-state index in [1.807, 2.05) is 0 Å². The molecule has 1 rings (SSSR count). The van der Waals surface area contributed by atoms with Crippen molar-refractivity contribution in [3.8, 4) is 11.5 Å². The summed E-state index contributed by atoms with van der Waals surface area (Å²) in [6.45, 7) is 3.58. The minimum absolute atomic E-state index is 0.0323. The first-order chi connectivity index (χ1) is 10.4. The third kappa shape index (κ3) is 4.92. The Morgan fingerprint density at radius 2 is 1.82 bits per heavy atom. The van der Waals surface area contributed by atoms with Gasteiger partial charge in [0.25, 0.3) is 5.91 Å². The predicted octanol–water partition coefficient (Wildman–Crippen LogP) is 0.804. The lowest BCUT2D eigenvalue weighted by Gasteiger charge is -2.14. The molecule has 0 heterocycles. The summed E-state index contributed by atoms with van der Waals surface area (Å²) in [5, 5.41) is 0. The zero-order chi connectivity index (χ0) is 16.7. The summed E-state index contributed by atoms with van der Waals surface area (Å²) in [4.78, 5) is 28.0. The molecule has 1 aromatic carbocycles. The van der Waals surface area contributed by atoms with Gasteiger partial charge in [-0.25, -0.2) is 4.79 Å². The predicted molar refractivity (Wildman–Crippen MR) is 80.3 cm³/mol. The fraction of sp³-hybridized carbons (Fsp3) is 0.467. The molecule has 7 heteroatoms. The molecule has 0 aliphatic heterocycles. The third-order valence-corrected chi connectivity index (χ3v) is 3.07. The van der Waals surface area contributed by atoms with Gasteiger partial charge in [-0.2, -0.15) is 5.48 Å². The van der Waals surface area contributed by atoms with Gasteiger partial charge in [0.1, 0.15) is 6.04 Å². The number of amides is 1. The normalized spacial score (nSPS) is 11.7. The average molecular weight is 310 g/mol. The van der Waals surface area contributed by atoms with Gasteiger partial charge in [0.15, 0.2) is 11.5 Å². The van der Waals surface area contributed by atoms with Crippen molar-refractivity contribution in [2.75, 3.05) is 14.2 Å². The summed E-state index contributed by atoms with van der Waals surface area (Å²) in [6, 6.07) is 4.33. The number of hydroxylamine groups is 1. The van der Waals surface area contributed by atoms with Gasteiger partial charge in [-0.15, -0.1) is 0 Å². The van der Waals surface area contributed by atoms with Crippen LogP contribution in [0.3, 0.4) is 0 Å². The summed E-state index contributed by atoms with van der Waals surface area (Å²) < 4.78 is 10.3. The van der Waals surface area contributed by atoms with E-state index in [2.05, 4.69) is 10.3 Å². The smallest absolute Gasteiger partial charge is 0.349 e. The first-order valence-corrected chi connectivity index (χ1v) is 6.85. The maximum absolute atomic E-state index is 11.8. The topological polar surface area (TPSA) is 99.9 Å². The molecule has 0 aliphatic carbocycles. The van der Waals surface area contributed by atoms with E-state index in [0.29, 0.717) is 17.1 Å². The van der Waals surface area contributed by atoms with Gasteiger partial charge in [-0.1, -0.05) is 19.9 Å². The largest absolute Gasteiger partial charge is 0.493 e. The lowest BCUT2D eigenvalue weighted by Crippen LogP contribution is -2.41. The van der Waals surface area contributed by atoms with Crippen LogP contribution in [-0.2, 0) is 20.8 Å². The Morgan fingerprint density at radius 3 is 2.36 bits per heavy atom. The van der Waals surface area contributed by atoms with Crippen LogP contribution in [0.2, 0.25) is 0 Å². The number of rotatable bonds is 6. The van der Waals surface area contributed by atoms with Crippen molar-refractivity contribution in [2.24, 2.45) is 11.7 Å². The average Bonchev–Trinajstić information content (AvgIpc) is 2.51. The van der Waals surface area contributed by atoms with Crippen molar-refractivity contribution >= 4 is 11.9 Å². The Labute approximate surface area is 129 Å². The molecule has 0 aliphatic rings. The number of carbonyl (C=O) groups excluding carboxylic acids is 2. The molecule has 1 atom stereocenters. The molecule has 122 valence electrons. The highest BCUT2D eigenvalue weighted by atomic mass is 16.7. The second-order valence-electron chi connectivity index (χ2n) is 5.08.